The van der Waals surface area contributed by atoms with E-state index < -0.39 is 0 Å². The van der Waals surface area contributed by atoms with E-state index in [2.05, 4.69) is 29.4 Å². The fourth-order valence-corrected chi connectivity index (χ4v) is 2.96. The molecule has 1 unspecified atom stereocenters. The van der Waals surface area contributed by atoms with Gasteiger partial charge in [0.25, 0.3) is 0 Å². The number of rotatable bonds is 6. The number of anilines is 1. The fraction of sp³-hybridized carbons (Fsp3) is 0.400. The third kappa shape index (κ3) is 3.65. The zero-order chi connectivity index (χ0) is 14.7. The largest absolute Gasteiger partial charge is 0.454 e. The molecule has 3 N–H and O–H groups in total. The quantitative estimate of drug-likeness (QED) is 0.858. The highest BCUT2D eigenvalue weighted by atomic mass is 32.1. The van der Waals surface area contributed by atoms with Gasteiger partial charge in [0.05, 0.1) is 5.69 Å². The van der Waals surface area contributed by atoms with Crippen molar-refractivity contribution in [3.05, 3.63) is 34.8 Å². The van der Waals surface area contributed by atoms with Crippen LogP contribution in [0.2, 0.25) is 0 Å². The number of ether oxygens (including phenoxy) is 2. The molecule has 0 saturated heterocycles. The Morgan fingerprint density at radius 1 is 1.38 bits per heavy atom. The monoisotopic (exact) mass is 305 g/mol. The molecule has 0 saturated carbocycles. The van der Waals surface area contributed by atoms with Gasteiger partial charge in [-0.15, -0.1) is 11.3 Å². The van der Waals surface area contributed by atoms with E-state index in [-0.39, 0.29) is 0 Å². The van der Waals surface area contributed by atoms with Gasteiger partial charge in [-0.3, -0.25) is 0 Å². The molecule has 2 aromatic rings. The SMILES string of the molecule is CC(CNCc1csc(N)n1)Cc1ccc2c(c1)OCO2. The minimum absolute atomic E-state index is 0.326. The fourth-order valence-electron chi connectivity index (χ4n) is 2.39. The molecule has 0 aliphatic carbocycles. The Labute approximate surface area is 128 Å². The van der Waals surface area contributed by atoms with Crippen LogP contribution in [0.15, 0.2) is 23.6 Å². The molecule has 6 heteroatoms. The number of nitrogens with zero attached hydrogens (tertiary/aromatic N) is 1. The standard InChI is InChI=1S/C15H19N3O2S/c1-10(6-17-7-12-8-21-15(16)18-12)4-11-2-3-13-14(5-11)20-9-19-13/h2-3,5,8,10,17H,4,6-7,9H2,1H3,(H2,16,18). The summed E-state index contributed by atoms with van der Waals surface area (Å²) in [6.45, 7) is 4.25. The smallest absolute Gasteiger partial charge is 0.231 e. The van der Waals surface area contributed by atoms with E-state index in [4.69, 9.17) is 15.2 Å². The van der Waals surface area contributed by atoms with Crippen LogP contribution in [0.4, 0.5) is 5.13 Å². The minimum atomic E-state index is 0.326. The predicted octanol–water partition coefficient (Wildman–Crippen LogP) is 2.42. The van der Waals surface area contributed by atoms with Crippen LogP contribution in [0.1, 0.15) is 18.2 Å². The molecule has 0 spiro atoms. The number of hydrogen-bond donors (Lipinski definition) is 2. The van der Waals surface area contributed by atoms with E-state index in [1.54, 1.807) is 0 Å². The first-order valence-corrected chi connectivity index (χ1v) is 7.88. The molecule has 0 fully saturated rings. The van der Waals surface area contributed by atoms with E-state index in [9.17, 15) is 0 Å². The van der Waals surface area contributed by atoms with Gasteiger partial charge in [-0.25, -0.2) is 4.98 Å². The van der Waals surface area contributed by atoms with Crippen molar-refractivity contribution in [1.29, 1.82) is 0 Å². The maximum Gasteiger partial charge on any atom is 0.231 e. The Balaban J connectivity index is 1.46. The van der Waals surface area contributed by atoms with Gasteiger partial charge >= 0.3 is 0 Å². The highest BCUT2D eigenvalue weighted by Crippen LogP contribution is 2.33. The van der Waals surface area contributed by atoms with Crippen LogP contribution in [-0.2, 0) is 13.0 Å². The van der Waals surface area contributed by atoms with Crippen LogP contribution in [-0.4, -0.2) is 18.3 Å². The molecular weight excluding hydrogens is 286 g/mol. The Kier molecular flexibility index (Phi) is 4.26. The van der Waals surface area contributed by atoms with Crippen LogP contribution in [0.25, 0.3) is 0 Å². The molecule has 21 heavy (non-hydrogen) atoms. The lowest BCUT2D eigenvalue weighted by Gasteiger charge is -2.12. The Hall–Kier alpha value is -1.79. The third-order valence-corrected chi connectivity index (χ3v) is 4.11. The van der Waals surface area contributed by atoms with Gasteiger partial charge < -0.3 is 20.5 Å². The number of nitrogen functional groups attached to an aromatic ring is 1. The molecule has 2 heterocycles. The van der Waals surface area contributed by atoms with Crippen molar-refractivity contribution in [2.75, 3.05) is 19.1 Å². The van der Waals surface area contributed by atoms with Gasteiger partial charge in [0.2, 0.25) is 6.79 Å². The predicted molar refractivity (Wildman–Crippen MR) is 83.7 cm³/mol. The summed E-state index contributed by atoms with van der Waals surface area (Å²) >= 11 is 1.48. The first kappa shape index (κ1) is 14.2. The van der Waals surface area contributed by atoms with Gasteiger partial charge in [-0.05, 0) is 36.6 Å². The van der Waals surface area contributed by atoms with Crippen LogP contribution < -0.4 is 20.5 Å². The Morgan fingerprint density at radius 2 is 2.24 bits per heavy atom. The summed E-state index contributed by atoms with van der Waals surface area (Å²) in [5.41, 5.74) is 7.89. The second-order valence-corrected chi connectivity index (χ2v) is 6.19. The van der Waals surface area contributed by atoms with Crippen molar-refractivity contribution in [3.8, 4) is 11.5 Å². The van der Waals surface area contributed by atoms with Gasteiger partial charge in [-0.2, -0.15) is 0 Å². The van der Waals surface area contributed by atoms with E-state index in [0.717, 1.165) is 36.7 Å². The summed E-state index contributed by atoms with van der Waals surface area (Å²) in [6, 6.07) is 6.15. The van der Waals surface area contributed by atoms with Crippen LogP contribution in [0.5, 0.6) is 11.5 Å². The number of thiazole rings is 1. The first-order chi connectivity index (χ1) is 10.2. The molecule has 1 atom stereocenters. The molecular formula is C15H19N3O2S. The maximum absolute atomic E-state index is 5.61. The number of nitrogens with one attached hydrogen (secondary N) is 1. The summed E-state index contributed by atoms with van der Waals surface area (Å²) in [5, 5.41) is 6.04. The zero-order valence-electron chi connectivity index (χ0n) is 12.0. The summed E-state index contributed by atoms with van der Waals surface area (Å²) in [5.74, 6) is 2.22. The number of hydrogen-bond acceptors (Lipinski definition) is 6. The molecule has 1 aliphatic heterocycles. The molecule has 1 aliphatic rings. The average Bonchev–Trinajstić information content (AvgIpc) is 3.07. The number of benzene rings is 1. The van der Waals surface area contributed by atoms with Crippen molar-refractivity contribution < 1.29 is 9.47 Å². The molecule has 0 amide bonds. The number of nitrogens with two attached hydrogens (primary N) is 1. The van der Waals surface area contributed by atoms with E-state index in [1.165, 1.54) is 16.9 Å². The lowest BCUT2D eigenvalue weighted by Crippen LogP contribution is -2.22. The molecule has 0 bridgehead atoms. The minimum Gasteiger partial charge on any atom is -0.454 e. The van der Waals surface area contributed by atoms with Crippen molar-refractivity contribution in [2.45, 2.75) is 19.9 Å². The molecule has 0 radical (unpaired) electrons. The maximum atomic E-state index is 5.61. The van der Waals surface area contributed by atoms with Crippen molar-refractivity contribution >= 4 is 16.5 Å². The van der Waals surface area contributed by atoms with E-state index in [1.807, 2.05) is 11.4 Å². The highest BCUT2D eigenvalue weighted by molar-refractivity contribution is 7.13. The van der Waals surface area contributed by atoms with Crippen molar-refractivity contribution in [2.24, 2.45) is 5.92 Å². The van der Waals surface area contributed by atoms with Gasteiger partial charge in [0, 0.05) is 11.9 Å². The summed E-state index contributed by atoms with van der Waals surface area (Å²) < 4.78 is 10.7. The molecule has 5 nitrogen and oxygen atoms in total. The van der Waals surface area contributed by atoms with Crippen molar-refractivity contribution in [1.82, 2.24) is 10.3 Å². The molecule has 112 valence electrons. The second kappa shape index (κ2) is 6.32. The Morgan fingerprint density at radius 3 is 3.05 bits per heavy atom. The molecule has 3 rings (SSSR count). The van der Waals surface area contributed by atoms with Crippen LogP contribution in [0, 0.1) is 5.92 Å². The van der Waals surface area contributed by atoms with Crippen LogP contribution in [0.3, 0.4) is 0 Å². The normalized spacial score (nSPS) is 14.3. The van der Waals surface area contributed by atoms with E-state index in [0.29, 0.717) is 17.8 Å². The van der Waals surface area contributed by atoms with Gasteiger partial charge in [-0.1, -0.05) is 13.0 Å². The number of fused-ring (bicyclic) bond motifs is 1. The second-order valence-electron chi connectivity index (χ2n) is 5.30. The third-order valence-electron chi connectivity index (χ3n) is 3.39. The number of aromatic nitrogens is 1. The lowest BCUT2D eigenvalue weighted by molar-refractivity contribution is 0.174. The summed E-state index contributed by atoms with van der Waals surface area (Å²) in [7, 11) is 0. The van der Waals surface area contributed by atoms with Gasteiger partial charge in [0.1, 0.15) is 0 Å². The van der Waals surface area contributed by atoms with E-state index >= 15 is 0 Å². The Bertz CT molecular complexity index is 615. The summed E-state index contributed by atoms with van der Waals surface area (Å²) in [6.07, 6.45) is 1.00. The van der Waals surface area contributed by atoms with Crippen LogP contribution >= 0.6 is 11.3 Å². The van der Waals surface area contributed by atoms with Crippen molar-refractivity contribution in [3.63, 3.8) is 0 Å². The lowest BCUT2D eigenvalue weighted by atomic mass is 10.0. The topological polar surface area (TPSA) is 69.4 Å². The van der Waals surface area contributed by atoms with Gasteiger partial charge in [0.15, 0.2) is 16.6 Å². The molecule has 1 aromatic carbocycles. The first-order valence-electron chi connectivity index (χ1n) is 7.00. The summed E-state index contributed by atoms with van der Waals surface area (Å²) in [4.78, 5) is 4.23. The molecule has 1 aromatic heterocycles. The highest BCUT2D eigenvalue weighted by Gasteiger charge is 2.14. The zero-order valence-corrected chi connectivity index (χ0v) is 12.8. The average molecular weight is 305 g/mol.